The van der Waals surface area contributed by atoms with Crippen LogP contribution in [0.25, 0.3) is 0 Å². The smallest absolute Gasteiger partial charge is 0.122 e. The second-order valence-electron chi connectivity index (χ2n) is 5.17. The van der Waals surface area contributed by atoms with Gasteiger partial charge in [0.25, 0.3) is 0 Å². The molecule has 0 aliphatic heterocycles. The molecule has 0 spiro atoms. The maximum atomic E-state index is 5.83. The van der Waals surface area contributed by atoms with Gasteiger partial charge in [0.05, 0.1) is 6.61 Å². The summed E-state index contributed by atoms with van der Waals surface area (Å²) in [6.07, 6.45) is 3.21. The van der Waals surface area contributed by atoms with Crippen molar-refractivity contribution >= 4 is 0 Å². The SMILES string of the molecule is CC(C)CCCOc1ccccc1CC(C)N. The minimum Gasteiger partial charge on any atom is -0.493 e. The zero-order chi connectivity index (χ0) is 12.7. The number of rotatable bonds is 7. The molecule has 2 nitrogen and oxygen atoms in total. The Morgan fingerprint density at radius 3 is 2.53 bits per heavy atom. The zero-order valence-electron chi connectivity index (χ0n) is 11.3. The van der Waals surface area contributed by atoms with E-state index in [1.54, 1.807) is 0 Å². The van der Waals surface area contributed by atoms with Gasteiger partial charge < -0.3 is 10.5 Å². The van der Waals surface area contributed by atoms with Crippen molar-refractivity contribution in [3.63, 3.8) is 0 Å². The molecule has 1 aromatic rings. The van der Waals surface area contributed by atoms with Gasteiger partial charge in [-0.15, -0.1) is 0 Å². The van der Waals surface area contributed by atoms with E-state index in [1.165, 1.54) is 12.0 Å². The van der Waals surface area contributed by atoms with Crippen molar-refractivity contribution < 1.29 is 4.74 Å². The highest BCUT2D eigenvalue weighted by Crippen LogP contribution is 2.19. The summed E-state index contributed by atoms with van der Waals surface area (Å²) in [4.78, 5) is 0. The Hall–Kier alpha value is -1.02. The van der Waals surface area contributed by atoms with Gasteiger partial charge in [-0.2, -0.15) is 0 Å². The van der Waals surface area contributed by atoms with Crippen LogP contribution in [0.1, 0.15) is 39.2 Å². The molecule has 2 N–H and O–H groups in total. The van der Waals surface area contributed by atoms with Gasteiger partial charge in [0, 0.05) is 6.04 Å². The lowest BCUT2D eigenvalue weighted by Gasteiger charge is -2.13. The van der Waals surface area contributed by atoms with Crippen LogP contribution in [0.4, 0.5) is 0 Å². The molecule has 1 atom stereocenters. The number of hydrogen-bond donors (Lipinski definition) is 1. The van der Waals surface area contributed by atoms with Crippen LogP contribution in [-0.4, -0.2) is 12.6 Å². The molecule has 0 aromatic heterocycles. The molecule has 17 heavy (non-hydrogen) atoms. The number of ether oxygens (including phenoxy) is 1. The van der Waals surface area contributed by atoms with Crippen LogP contribution in [0.2, 0.25) is 0 Å². The van der Waals surface area contributed by atoms with Gasteiger partial charge >= 0.3 is 0 Å². The summed E-state index contributed by atoms with van der Waals surface area (Å²) >= 11 is 0. The predicted molar refractivity (Wildman–Crippen MR) is 73.4 cm³/mol. The van der Waals surface area contributed by atoms with E-state index < -0.39 is 0 Å². The van der Waals surface area contributed by atoms with E-state index in [2.05, 4.69) is 19.9 Å². The van der Waals surface area contributed by atoms with Crippen molar-refractivity contribution in [2.24, 2.45) is 11.7 Å². The summed E-state index contributed by atoms with van der Waals surface area (Å²) in [6.45, 7) is 7.30. The van der Waals surface area contributed by atoms with Crippen LogP contribution in [0.3, 0.4) is 0 Å². The molecule has 0 amide bonds. The molecule has 2 heteroatoms. The van der Waals surface area contributed by atoms with E-state index in [1.807, 2.05) is 25.1 Å². The first-order chi connectivity index (χ1) is 8.09. The van der Waals surface area contributed by atoms with Gasteiger partial charge in [-0.1, -0.05) is 32.0 Å². The predicted octanol–water partition coefficient (Wildman–Crippen LogP) is 3.39. The lowest BCUT2D eigenvalue weighted by molar-refractivity contribution is 0.294. The first-order valence-electron chi connectivity index (χ1n) is 6.56. The monoisotopic (exact) mass is 235 g/mol. The molecule has 96 valence electrons. The van der Waals surface area contributed by atoms with Crippen LogP contribution in [0.15, 0.2) is 24.3 Å². The highest BCUT2D eigenvalue weighted by molar-refractivity contribution is 5.33. The normalized spacial score (nSPS) is 12.8. The third kappa shape index (κ3) is 5.73. The first kappa shape index (κ1) is 14.0. The van der Waals surface area contributed by atoms with Gasteiger partial charge in [-0.25, -0.2) is 0 Å². The van der Waals surface area contributed by atoms with Crippen molar-refractivity contribution in [2.75, 3.05) is 6.61 Å². The molecular weight excluding hydrogens is 210 g/mol. The fraction of sp³-hybridized carbons (Fsp3) is 0.600. The minimum atomic E-state index is 0.176. The fourth-order valence-corrected chi connectivity index (χ4v) is 1.83. The van der Waals surface area contributed by atoms with Crippen LogP contribution < -0.4 is 10.5 Å². The summed E-state index contributed by atoms with van der Waals surface area (Å²) in [5, 5.41) is 0. The maximum absolute atomic E-state index is 5.83. The van der Waals surface area contributed by atoms with Crippen molar-refractivity contribution in [2.45, 2.75) is 46.1 Å². The molecule has 0 aliphatic carbocycles. The standard InChI is InChI=1S/C15H25NO/c1-12(2)7-6-10-17-15-9-5-4-8-14(15)11-13(3)16/h4-5,8-9,12-13H,6-7,10-11,16H2,1-3H3. The molecule has 0 radical (unpaired) electrons. The molecule has 0 saturated heterocycles. The molecule has 0 bridgehead atoms. The van der Waals surface area contributed by atoms with Gasteiger partial charge in [-0.3, -0.25) is 0 Å². The third-order valence-corrected chi connectivity index (χ3v) is 2.70. The van der Waals surface area contributed by atoms with Crippen LogP contribution in [-0.2, 0) is 6.42 Å². The van der Waals surface area contributed by atoms with Gasteiger partial charge in [-0.05, 0) is 43.7 Å². The van der Waals surface area contributed by atoms with Gasteiger partial charge in [0.2, 0.25) is 0 Å². The Kier molecular flexibility index (Phi) is 6.06. The van der Waals surface area contributed by atoms with Crippen LogP contribution >= 0.6 is 0 Å². The molecule has 1 unspecified atom stereocenters. The van der Waals surface area contributed by atoms with E-state index >= 15 is 0 Å². The average Bonchev–Trinajstić information content (AvgIpc) is 2.25. The Morgan fingerprint density at radius 1 is 1.18 bits per heavy atom. The van der Waals surface area contributed by atoms with E-state index in [4.69, 9.17) is 10.5 Å². The van der Waals surface area contributed by atoms with E-state index in [0.29, 0.717) is 0 Å². The van der Waals surface area contributed by atoms with E-state index in [-0.39, 0.29) is 6.04 Å². The third-order valence-electron chi connectivity index (χ3n) is 2.70. The van der Waals surface area contributed by atoms with Crippen LogP contribution in [0, 0.1) is 5.92 Å². The molecule has 0 heterocycles. The number of benzene rings is 1. The summed E-state index contributed by atoms with van der Waals surface area (Å²) in [5.41, 5.74) is 7.05. The second kappa shape index (κ2) is 7.33. The summed E-state index contributed by atoms with van der Waals surface area (Å²) in [6, 6.07) is 8.37. The second-order valence-corrected chi connectivity index (χ2v) is 5.17. The largest absolute Gasteiger partial charge is 0.493 e. The molecule has 0 fully saturated rings. The quantitative estimate of drug-likeness (QED) is 0.735. The Morgan fingerprint density at radius 2 is 1.88 bits per heavy atom. The van der Waals surface area contributed by atoms with Crippen molar-refractivity contribution in [3.8, 4) is 5.75 Å². The van der Waals surface area contributed by atoms with Crippen molar-refractivity contribution in [1.82, 2.24) is 0 Å². The fourth-order valence-electron chi connectivity index (χ4n) is 1.83. The lowest BCUT2D eigenvalue weighted by Crippen LogP contribution is -2.18. The number of nitrogens with two attached hydrogens (primary N) is 1. The topological polar surface area (TPSA) is 35.2 Å². The zero-order valence-corrected chi connectivity index (χ0v) is 11.3. The van der Waals surface area contributed by atoms with Crippen molar-refractivity contribution in [1.29, 1.82) is 0 Å². The highest BCUT2D eigenvalue weighted by Gasteiger charge is 2.05. The van der Waals surface area contributed by atoms with Gasteiger partial charge in [0.15, 0.2) is 0 Å². The Labute approximate surface area is 105 Å². The minimum absolute atomic E-state index is 0.176. The summed E-state index contributed by atoms with van der Waals surface area (Å²) < 4.78 is 5.83. The van der Waals surface area contributed by atoms with Gasteiger partial charge in [0.1, 0.15) is 5.75 Å². The first-order valence-corrected chi connectivity index (χ1v) is 6.56. The average molecular weight is 235 g/mol. The number of para-hydroxylation sites is 1. The molecule has 0 aliphatic rings. The van der Waals surface area contributed by atoms with Crippen LogP contribution in [0.5, 0.6) is 5.75 Å². The molecule has 1 aromatic carbocycles. The van der Waals surface area contributed by atoms with E-state index in [0.717, 1.165) is 31.1 Å². The lowest BCUT2D eigenvalue weighted by atomic mass is 10.1. The summed E-state index contributed by atoms with van der Waals surface area (Å²) in [7, 11) is 0. The van der Waals surface area contributed by atoms with E-state index in [9.17, 15) is 0 Å². The maximum Gasteiger partial charge on any atom is 0.122 e. The molecular formula is C15H25NO. The molecule has 1 rings (SSSR count). The summed E-state index contributed by atoms with van der Waals surface area (Å²) in [5.74, 6) is 1.74. The Bertz CT molecular complexity index is 320. The van der Waals surface area contributed by atoms with Crippen molar-refractivity contribution in [3.05, 3.63) is 29.8 Å². The number of hydrogen-bond acceptors (Lipinski definition) is 2. The molecule has 0 saturated carbocycles. The Balaban J connectivity index is 2.46. The highest BCUT2D eigenvalue weighted by atomic mass is 16.5.